The van der Waals surface area contributed by atoms with E-state index in [1.807, 2.05) is 0 Å². The summed E-state index contributed by atoms with van der Waals surface area (Å²) in [7, 11) is 0. The van der Waals surface area contributed by atoms with E-state index in [0.717, 1.165) is 18.2 Å². The predicted octanol–water partition coefficient (Wildman–Crippen LogP) is -1.34. The van der Waals surface area contributed by atoms with E-state index in [4.69, 9.17) is 18.4 Å². The summed E-state index contributed by atoms with van der Waals surface area (Å²) in [6.07, 6.45) is 0. The molecule has 1 aromatic rings. The fraction of sp³-hybridized carbons (Fsp3) is 0. The Kier molecular flexibility index (Phi) is 2.19. The van der Waals surface area contributed by atoms with Gasteiger partial charge in [-0.15, -0.1) is 0 Å². The van der Waals surface area contributed by atoms with Crippen molar-refractivity contribution in [1.29, 1.82) is 0 Å². The van der Waals surface area contributed by atoms with E-state index < -0.39 is 25.7 Å². The van der Waals surface area contributed by atoms with E-state index in [1.54, 1.807) is 0 Å². The molecule has 0 atom stereocenters. The first kappa shape index (κ1) is 9.19. The Labute approximate surface area is 70.9 Å². The van der Waals surface area contributed by atoms with Gasteiger partial charge in [0, 0.05) is 0 Å². The molecule has 0 aliphatic carbocycles. The summed E-state index contributed by atoms with van der Waals surface area (Å²) in [6, 6.07) is 2.97. The quantitative estimate of drug-likeness (QED) is 0.356. The van der Waals surface area contributed by atoms with Gasteiger partial charge in [-0.3, -0.25) is 0 Å². The minimum atomic E-state index is -4.93. The van der Waals surface area contributed by atoms with Gasteiger partial charge in [0.25, 0.3) is 0 Å². The number of phenols is 2. The molecule has 0 heterocycles. The van der Waals surface area contributed by atoms with Crippen LogP contribution in [0.15, 0.2) is 18.2 Å². The molecule has 12 heavy (non-hydrogen) atoms. The van der Waals surface area contributed by atoms with Crippen molar-refractivity contribution >= 4 is 18.5 Å². The Balaban J connectivity index is 3.23. The van der Waals surface area contributed by atoms with Crippen LogP contribution in [0, 0.1) is 0 Å². The molecule has 0 saturated heterocycles. The molecule has 0 aliphatic heterocycles. The van der Waals surface area contributed by atoms with Gasteiger partial charge < -0.3 is 0 Å². The fourth-order valence-electron chi connectivity index (χ4n) is 0.693. The van der Waals surface area contributed by atoms with Gasteiger partial charge in [-0.2, -0.15) is 0 Å². The predicted molar refractivity (Wildman–Crippen MR) is 40.3 cm³/mol. The van der Waals surface area contributed by atoms with Crippen LogP contribution in [0.4, 0.5) is 0 Å². The van der Waals surface area contributed by atoms with E-state index in [-0.39, 0.29) is 4.35 Å². The normalized spacial score (nSPS) is 11.5. The summed E-state index contributed by atoms with van der Waals surface area (Å²) >= 11 is -4.93. The number of rotatable bonds is 1. The fourth-order valence-corrected chi connectivity index (χ4v) is 1.87. The second kappa shape index (κ2) is 2.86. The van der Waals surface area contributed by atoms with Crippen LogP contribution in [0.2, 0.25) is 0 Å². The van der Waals surface area contributed by atoms with E-state index in [1.165, 1.54) is 0 Å². The molecule has 0 aromatic heterocycles. The number of hydrogen-bond acceptors (Lipinski definition) is 3. The third-order valence-electron chi connectivity index (χ3n) is 1.30. The molecule has 0 bridgehead atoms. The summed E-state index contributed by atoms with van der Waals surface area (Å²) in [5.74, 6) is -0.931. The molecule has 5 nitrogen and oxygen atoms in total. The molecule has 1 aromatic carbocycles. The number of benzene rings is 1. The maximum atomic E-state index is 10.7. The molecule has 6 heteroatoms. The third kappa shape index (κ3) is 1.82. The third-order valence-corrected chi connectivity index (χ3v) is 3.29. The first-order valence-electron chi connectivity index (χ1n) is 2.99. The van der Waals surface area contributed by atoms with Crippen LogP contribution in [-0.4, -0.2) is 32.6 Å². The molecule has 4 N–H and O–H groups in total. The van der Waals surface area contributed by atoms with Crippen LogP contribution < -0.4 is 4.35 Å². The molecule has 0 radical (unpaired) electrons. The van der Waals surface area contributed by atoms with Crippen LogP contribution >= 0.6 is 0 Å². The van der Waals surface area contributed by atoms with Gasteiger partial charge in [-0.25, -0.2) is 0 Å². The van der Waals surface area contributed by atoms with Gasteiger partial charge in [0.1, 0.15) is 0 Å². The van der Waals surface area contributed by atoms with Crippen LogP contribution in [0.1, 0.15) is 0 Å². The first-order chi connectivity index (χ1) is 5.41. The van der Waals surface area contributed by atoms with Crippen molar-refractivity contribution in [2.45, 2.75) is 0 Å². The van der Waals surface area contributed by atoms with Crippen molar-refractivity contribution in [2.24, 2.45) is 0 Å². The zero-order chi connectivity index (χ0) is 9.35. The molecular formula is C6H7AsO5. The molecule has 1 rings (SSSR count). The molecular weight excluding hydrogens is 227 g/mol. The minimum absolute atomic E-state index is 0.261. The van der Waals surface area contributed by atoms with Gasteiger partial charge >= 0.3 is 70.4 Å². The van der Waals surface area contributed by atoms with Crippen LogP contribution in [-0.2, 0) is 3.74 Å². The molecule has 0 spiro atoms. The van der Waals surface area contributed by atoms with Crippen molar-refractivity contribution in [2.75, 3.05) is 0 Å². The first-order valence-corrected chi connectivity index (χ1v) is 6.37. The van der Waals surface area contributed by atoms with Crippen molar-refractivity contribution in [3.8, 4) is 11.5 Å². The van der Waals surface area contributed by atoms with Crippen molar-refractivity contribution in [3.05, 3.63) is 18.2 Å². The molecule has 66 valence electrons. The van der Waals surface area contributed by atoms with Gasteiger partial charge in [0.05, 0.1) is 0 Å². The second-order valence-corrected chi connectivity index (χ2v) is 5.58. The van der Waals surface area contributed by atoms with Crippen molar-refractivity contribution in [3.63, 3.8) is 0 Å². The van der Waals surface area contributed by atoms with Crippen LogP contribution in [0.25, 0.3) is 0 Å². The van der Waals surface area contributed by atoms with E-state index in [2.05, 4.69) is 0 Å². The van der Waals surface area contributed by atoms with Crippen molar-refractivity contribution < 1.29 is 22.1 Å². The molecule has 0 aliphatic rings. The number of hydrogen-bond donors (Lipinski definition) is 4. The van der Waals surface area contributed by atoms with Gasteiger partial charge in [-0.05, 0) is 0 Å². The average molecular weight is 234 g/mol. The zero-order valence-corrected chi connectivity index (χ0v) is 7.75. The molecule has 0 amide bonds. The van der Waals surface area contributed by atoms with E-state index >= 15 is 0 Å². The van der Waals surface area contributed by atoms with E-state index in [9.17, 15) is 3.74 Å². The standard InChI is InChI=1S/C6H7AsO5/c8-5-2-1-4(3-6(5)9)7(10,11)12/h1-3,8-9H,(H2,10,11,12). The Morgan fingerprint density at radius 1 is 1.08 bits per heavy atom. The van der Waals surface area contributed by atoms with Gasteiger partial charge in [0.15, 0.2) is 0 Å². The monoisotopic (exact) mass is 234 g/mol. The summed E-state index contributed by atoms with van der Waals surface area (Å²) in [5.41, 5.74) is 0. The summed E-state index contributed by atoms with van der Waals surface area (Å²) < 4.78 is 27.8. The summed E-state index contributed by atoms with van der Waals surface area (Å²) in [6.45, 7) is 0. The zero-order valence-electron chi connectivity index (χ0n) is 5.88. The molecule has 0 saturated carbocycles. The Morgan fingerprint density at radius 3 is 2.08 bits per heavy atom. The second-order valence-electron chi connectivity index (χ2n) is 2.22. The molecule has 0 unspecified atom stereocenters. The number of aromatic hydroxyl groups is 2. The summed E-state index contributed by atoms with van der Waals surface area (Å²) in [4.78, 5) is 0. The Hall–Kier alpha value is -0.902. The Morgan fingerprint density at radius 2 is 1.67 bits per heavy atom. The topological polar surface area (TPSA) is 98.0 Å². The van der Waals surface area contributed by atoms with Crippen molar-refractivity contribution in [1.82, 2.24) is 0 Å². The molecule has 0 fully saturated rings. The number of phenolic OH excluding ortho intramolecular Hbond substituents is 2. The van der Waals surface area contributed by atoms with E-state index in [0.29, 0.717) is 0 Å². The average Bonchev–Trinajstić information content (AvgIpc) is 1.92. The van der Waals surface area contributed by atoms with Crippen LogP contribution in [0.3, 0.4) is 0 Å². The van der Waals surface area contributed by atoms with Gasteiger partial charge in [0.2, 0.25) is 0 Å². The Bertz CT molecular complexity index is 342. The van der Waals surface area contributed by atoms with Crippen LogP contribution in [0.5, 0.6) is 11.5 Å². The summed E-state index contributed by atoms with van der Waals surface area (Å²) in [5, 5.41) is 17.7. The van der Waals surface area contributed by atoms with Gasteiger partial charge in [-0.1, -0.05) is 0 Å². The maximum absolute atomic E-state index is 10.7. The SMILES string of the molecule is O=[As](O)(O)c1ccc(O)c(O)c1.